The van der Waals surface area contributed by atoms with Gasteiger partial charge in [0.05, 0.1) is 0 Å². The molecule has 3 rings (SSSR count). The van der Waals surface area contributed by atoms with Gasteiger partial charge in [-0.1, -0.05) is 25.1 Å². The first-order chi connectivity index (χ1) is 7.90. The number of rotatable bonds is 2. The maximum atomic E-state index is 3.58. The molecule has 1 aliphatic heterocycles. The van der Waals surface area contributed by atoms with Crippen LogP contribution in [0.4, 0.5) is 5.82 Å². The van der Waals surface area contributed by atoms with Crippen LogP contribution in [0.5, 0.6) is 0 Å². The van der Waals surface area contributed by atoms with Crippen molar-refractivity contribution < 1.29 is 0 Å². The van der Waals surface area contributed by atoms with Gasteiger partial charge >= 0.3 is 0 Å². The molecule has 0 saturated carbocycles. The summed E-state index contributed by atoms with van der Waals surface area (Å²) in [5.74, 6) is 1.37. The first-order valence-electron chi connectivity index (χ1n) is 6.24. The number of para-hydroxylation sites is 1. The second-order valence-electron chi connectivity index (χ2n) is 4.59. The maximum absolute atomic E-state index is 3.58. The Labute approximate surface area is 96.3 Å². The topological polar surface area (TPSA) is 19.0 Å². The molecule has 2 nitrogen and oxygen atoms in total. The van der Waals surface area contributed by atoms with Crippen LogP contribution in [0.1, 0.15) is 25.3 Å². The lowest BCUT2D eigenvalue weighted by Gasteiger charge is -2.28. The average Bonchev–Trinajstić information content (AvgIpc) is 2.69. The first kappa shape index (κ1) is 9.76. The summed E-state index contributed by atoms with van der Waals surface area (Å²) in [7, 11) is 0. The summed E-state index contributed by atoms with van der Waals surface area (Å²) in [4.78, 5) is 6.08. The molecule has 1 aromatic heterocycles. The van der Waals surface area contributed by atoms with Gasteiger partial charge in [0.1, 0.15) is 5.82 Å². The zero-order chi connectivity index (χ0) is 11.0. The number of nitrogens with zero attached hydrogens (tertiary/aromatic N) is 1. The minimum absolute atomic E-state index is 1.17. The van der Waals surface area contributed by atoms with E-state index in [1.165, 1.54) is 54.6 Å². The molecular formula is C14H18N2. The number of aromatic amines is 1. The van der Waals surface area contributed by atoms with E-state index in [4.69, 9.17) is 0 Å². The number of fused-ring (bicyclic) bond motifs is 3. The number of nitrogens with one attached hydrogen (secondary N) is 1. The molecule has 16 heavy (non-hydrogen) atoms. The van der Waals surface area contributed by atoms with E-state index >= 15 is 0 Å². The summed E-state index contributed by atoms with van der Waals surface area (Å²) < 4.78 is 0. The lowest BCUT2D eigenvalue weighted by atomic mass is 10.0. The summed E-state index contributed by atoms with van der Waals surface area (Å²) >= 11 is 0. The van der Waals surface area contributed by atoms with Crippen molar-refractivity contribution in [2.45, 2.75) is 26.2 Å². The second-order valence-corrected chi connectivity index (χ2v) is 4.59. The molecule has 2 heteroatoms. The summed E-state index contributed by atoms with van der Waals surface area (Å²) in [6, 6.07) is 8.65. The summed E-state index contributed by atoms with van der Waals surface area (Å²) in [5, 5.41) is 1.42. The highest BCUT2D eigenvalue weighted by atomic mass is 15.2. The van der Waals surface area contributed by atoms with Crippen LogP contribution in [0.2, 0.25) is 0 Å². The summed E-state index contributed by atoms with van der Waals surface area (Å²) in [6.07, 6.45) is 3.73. The standard InChI is InChI=1S/C14H18N2/c1-2-9-16-10-5-7-12-11-6-3-4-8-13(11)15-14(12)16/h3-4,6,8,15H,2,5,7,9-10H2,1H3. The Bertz CT molecular complexity index is 498. The monoisotopic (exact) mass is 214 g/mol. The molecule has 84 valence electrons. The minimum Gasteiger partial charge on any atom is -0.358 e. The van der Waals surface area contributed by atoms with Crippen LogP contribution in [0.3, 0.4) is 0 Å². The van der Waals surface area contributed by atoms with Crippen molar-refractivity contribution in [2.75, 3.05) is 18.0 Å². The third kappa shape index (κ3) is 1.41. The number of hydrogen-bond donors (Lipinski definition) is 1. The lowest BCUT2D eigenvalue weighted by Crippen LogP contribution is -2.29. The second kappa shape index (κ2) is 3.85. The van der Waals surface area contributed by atoms with Crippen LogP contribution in [0, 0.1) is 0 Å². The molecule has 0 unspecified atom stereocenters. The van der Waals surface area contributed by atoms with Gasteiger partial charge in [0.25, 0.3) is 0 Å². The van der Waals surface area contributed by atoms with Gasteiger partial charge in [0.15, 0.2) is 0 Å². The van der Waals surface area contributed by atoms with Crippen molar-refractivity contribution in [3.8, 4) is 0 Å². The number of hydrogen-bond acceptors (Lipinski definition) is 1. The molecule has 0 bridgehead atoms. The van der Waals surface area contributed by atoms with E-state index in [1.807, 2.05) is 0 Å². The van der Waals surface area contributed by atoms with Crippen LogP contribution in [0.25, 0.3) is 10.9 Å². The van der Waals surface area contributed by atoms with E-state index in [1.54, 1.807) is 0 Å². The molecule has 2 aromatic rings. The van der Waals surface area contributed by atoms with Crippen LogP contribution >= 0.6 is 0 Å². The van der Waals surface area contributed by atoms with Crippen LogP contribution in [-0.2, 0) is 6.42 Å². The molecule has 1 aromatic carbocycles. The predicted molar refractivity (Wildman–Crippen MR) is 69.1 cm³/mol. The van der Waals surface area contributed by atoms with Gasteiger partial charge in [0, 0.05) is 29.6 Å². The zero-order valence-electron chi connectivity index (χ0n) is 9.79. The Hall–Kier alpha value is -1.44. The van der Waals surface area contributed by atoms with Gasteiger partial charge in [-0.15, -0.1) is 0 Å². The van der Waals surface area contributed by atoms with Crippen molar-refractivity contribution in [1.29, 1.82) is 0 Å². The minimum atomic E-state index is 1.17. The van der Waals surface area contributed by atoms with Crippen molar-refractivity contribution in [3.05, 3.63) is 29.8 Å². The molecule has 1 aliphatic rings. The fourth-order valence-corrected chi connectivity index (χ4v) is 2.76. The Kier molecular flexibility index (Phi) is 2.35. The van der Waals surface area contributed by atoms with Gasteiger partial charge in [0.2, 0.25) is 0 Å². The molecular weight excluding hydrogens is 196 g/mol. The van der Waals surface area contributed by atoms with E-state index in [2.05, 4.69) is 41.1 Å². The lowest BCUT2D eigenvalue weighted by molar-refractivity contribution is 0.677. The quantitative estimate of drug-likeness (QED) is 0.812. The third-order valence-electron chi connectivity index (χ3n) is 3.46. The molecule has 0 aliphatic carbocycles. The number of H-pyrrole nitrogens is 1. The summed E-state index contributed by atoms with van der Waals surface area (Å²) in [6.45, 7) is 4.62. The number of benzene rings is 1. The van der Waals surface area contributed by atoms with E-state index in [0.29, 0.717) is 0 Å². The third-order valence-corrected chi connectivity index (χ3v) is 3.46. The fraction of sp³-hybridized carbons (Fsp3) is 0.429. The number of anilines is 1. The van der Waals surface area contributed by atoms with Crippen LogP contribution in [-0.4, -0.2) is 18.1 Å². The van der Waals surface area contributed by atoms with Gasteiger partial charge in [-0.05, 0) is 25.3 Å². The largest absolute Gasteiger partial charge is 0.358 e. The Morgan fingerprint density at radius 3 is 3.06 bits per heavy atom. The van der Waals surface area contributed by atoms with Crippen molar-refractivity contribution in [2.24, 2.45) is 0 Å². The highest BCUT2D eigenvalue weighted by Crippen LogP contribution is 2.33. The maximum Gasteiger partial charge on any atom is 0.110 e. The fourth-order valence-electron chi connectivity index (χ4n) is 2.76. The Morgan fingerprint density at radius 1 is 1.31 bits per heavy atom. The van der Waals surface area contributed by atoms with E-state index in [0.717, 1.165) is 0 Å². The highest BCUT2D eigenvalue weighted by molar-refractivity contribution is 5.89. The molecule has 0 fully saturated rings. The van der Waals surface area contributed by atoms with Crippen molar-refractivity contribution in [1.82, 2.24) is 4.98 Å². The molecule has 0 atom stereocenters. The predicted octanol–water partition coefficient (Wildman–Crippen LogP) is 3.33. The molecule has 2 heterocycles. The first-order valence-corrected chi connectivity index (χ1v) is 6.24. The summed E-state index contributed by atoms with van der Waals surface area (Å²) in [5.41, 5.74) is 2.81. The smallest absolute Gasteiger partial charge is 0.110 e. The molecule has 0 amide bonds. The van der Waals surface area contributed by atoms with Gasteiger partial charge in [-0.3, -0.25) is 0 Å². The van der Waals surface area contributed by atoms with Crippen LogP contribution in [0.15, 0.2) is 24.3 Å². The average molecular weight is 214 g/mol. The van der Waals surface area contributed by atoms with Crippen molar-refractivity contribution >= 4 is 16.7 Å². The molecule has 1 N–H and O–H groups in total. The molecule has 0 saturated heterocycles. The van der Waals surface area contributed by atoms with E-state index in [9.17, 15) is 0 Å². The normalized spacial score (nSPS) is 15.4. The SMILES string of the molecule is CCCN1CCCc2c1[nH]c1ccccc21. The Morgan fingerprint density at radius 2 is 2.19 bits per heavy atom. The number of aromatic nitrogens is 1. The molecule has 0 spiro atoms. The zero-order valence-corrected chi connectivity index (χ0v) is 9.79. The van der Waals surface area contributed by atoms with Crippen LogP contribution < -0.4 is 4.90 Å². The number of aryl methyl sites for hydroxylation is 1. The van der Waals surface area contributed by atoms with E-state index in [-0.39, 0.29) is 0 Å². The Balaban J connectivity index is 2.13. The molecule has 0 radical (unpaired) electrons. The van der Waals surface area contributed by atoms with Gasteiger partial charge < -0.3 is 9.88 Å². The van der Waals surface area contributed by atoms with E-state index < -0.39 is 0 Å². The van der Waals surface area contributed by atoms with Crippen molar-refractivity contribution in [3.63, 3.8) is 0 Å². The highest BCUT2D eigenvalue weighted by Gasteiger charge is 2.20. The van der Waals surface area contributed by atoms with Gasteiger partial charge in [-0.25, -0.2) is 0 Å². The van der Waals surface area contributed by atoms with Gasteiger partial charge in [-0.2, -0.15) is 0 Å².